The summed E-state index contributed by atoms with van der Waals surface area (Å²) in [5.74, 6) is 0. The van der Waals surface area contributed by atoms with E-state index in [1.54, 1.807) is 6.26 Å². The summed E-state index contributed by atoms with van der Waals surface area (Å²) < 4.78 is 30.2. The molecule has 2 unspecified atom stereocenters. The van der Waals surface area contributed by atoms with Crippen molar-refractivity contribution in [3.05, 3.63) is 42.2 Å². The van der Waals surface area contributed by atoms with Gasteiger partial charge in [-0.25, -0.2) is 8.42 Å². The molecule has 3 heterocycles. The lowest BCUT2D eigenvalue weighted by molar-refractivity contribution is 0.517. The van der Waals surface area contributed by atoms with Gasteiger partial charge in [-0.2, -0.15) is 0 Å². The van der Waals surface area contributed by atoms with E-state index in [0.29, 0.717) is 6.42 Å². The van der Waals surface area contributed by atoms with Gasteiger partial charge in [-0.15, -0.1) is 0 Å². The largest absolute Gasteiger partial charge is 0.464 e. The molecule has 2 aromatic rings. The smallest absolute Gasteiger partial charge is 0.159 e. The van der Waals surface area contributed by atoms with Crippen molar-refractivity contribution in [2.45, 2.75) is 36.2 Å². The highest BCUT2D eigenvalue weighted by molar-refractivity contribution is 7.93. The number of allylic oxidation sites excluding steroid dienone is 1. The molecule has 1 aromatic heterocycles. The van der Waals surface area contributed by atoms with E-state index in [2.05, 4.69) is 0 Å². The lowest BCUT2D eigenvalue weighted by atomic mass is 9.93. The maximum Gasteiger partial charge on any atom is 0.159 e. The lowest BCUT2D eigenvalue weighted by Crippen LogP contribution is -2.38. The number of sulfone groups is 1. The zero-order chi connectivity index (χ0) is 13.7. The number of furan rings is 1. The van der Waals surface area contributed by atoms with E-state index < -0.39 is 9.84 Å². The molecule has 2 bridgehead atoms. The van der Waals surface area contributed by atoms with Crippen LogP contribution >= 0.6 is 0 Å². The van der Waals surface area contributed by atoms with E-state index in [4.69, 9.17) is 4.42 Å². The molecule has 1 saturated heterocycles. The maximum atomic E-state index is 12.3. The second-order valence-corrected chi connectivity index (χ2v) is 8.17. The van der Waals surface area contributed by atoms with Crippen LogP contribution in [0.3, 0.4) is 0 Å². The zero-order valence-corrected chi connectivity index (χ0v) is 11.9. The second-order valence-electron chi connectivity index (χ2n) is 5.72. The number of benzene rings is 1. The van der Waals surface area contributed by atoms with Crippen LogP contribution in [0.15, 0.2) is 41.0 Å². The molecule has 2 atom stereocenters. The average molecular weight is 288 g/mol. The van der Waals surface area contributed by atoms with Crippen molar-refractivity contribution >= 4 is 26.4 Å². The van der Waals surface area contributed by atoms with Gasteiger partial charge in [0.1, 0.15) is 5.58 Å². The van der Waals surface area contributed by atoms with Crippen molar-refractivity contribution in [3.8, 4) is 0 Å². The molecule has 4 heteroatoms. The van der Waals surface area contributed by atoms with Gasteiger partial charge in [0.05, 0.1) is 16.8 Å². The first-order valence-corrected chi connectivity index (χ1v) is 8.67. The van der Waals surface area contributed by atoms with Crippen LogP contribution in [0, 0.1) is 0 Å². The molecule has 3 nitrogen and oxygen atoms in total. The fraction of sp³-hybridized carbons (Fsp3) is 0.375. The average Bonchev–Trinajstić information content (AvgIpc) is 2.81. The molecule has 0 aliphatic carbocycles. The van der Waals surface area contributed by atoms with Crippen molar-refractivity contribution in [2.75, 3.05) is 0 Å². The van der Waals surface area contributed by atoms with Gasteiger partial charge in [0, 0.05) is 10.9 Å². The normalized spacial score (nSPS) is 28.3. The van der Waals surface area contributed by atoms with Crippen molar-refractivity contribution in [2.24, 2.45) is 0 Å². The number of hydrogen-bond donors (Lipinski definition) is 0. The van der Waals surface area contributed by atoms with Crippen LogP contribution in [-0.2, 0) is 9.84 Å². The Balaban J connectivity index is 1.86. The molecular formula is C16H16O3S. The Kier molecular flexibility index (Phi) is 2.58. The molecule has 4 rings (SSSR count). The molecule has 2 aliphatic heterocycles. The van der Waals surface area contributed by atoms with Crippen LogP contribution < -0.4 is 0 Å². The van der Waals surface area contributed by atoms with E-state index in [0.717, 1.165) is 41.4 Å². The van der Waals surface area contributed by atoms with Crippen LogP contribution in [0.2, 0.25) is 0 Å². The molecule has 2 aliphatic rings. The highest BCUT2D eigenvalue weighted by atomic mass is 32.2. The summed E-state index contributed by atoms with van der Waals surface area (Å²) in [6.07, 6.45) is 6.93. The summed E-state index contributed by atoms with van der Waals surface area (Å²) in [6.45, 7) is 0. The van der Waals surface area contributed by atoms with Gasteiger partial charge < -0.3 is 4.42 Å². The Morgan fingerprint density at radius 2 is 2.00 bits per heavy atom. The standard InChI is InChI=1S/C16H16O3S/c17-20(18)12-4-3-5-13(20)9-11(8-12)15-10-19-16-7-2-1-6-14(15)16/h1-2,6-8,10,12-13H,3-5,9H2. The van der Waals surface area contributed by atoms with Crippen LogP contribution in [0.5, 0.6) is 0 Å². The van der Waals surface area contributed by atoms with E-state index in [1.165, 1.54) is 0 Å². The highest BCUT2D eigenvalue weighted by Gasteiger charge is 2.40. The molecule has 104 valence electrons. The molecule has 20 heavy (non-hydrogen) atoms. The SMILES string of the molecule is O=S1(=O)C2C=C(c3coc4ccccc34)CC1CCC2. The van der Waals surface area contributed by atoms with Crippen molar-refractivity contribution in [1.82, 2.24) is 0 Å². The minimum atomic E-state index is -2.95. The van der Waals surface area contributed by atoms with Gasteiger partial charge >= 0.3 is 0 Å². The summed E-state index contributed by atoms with van der Waals surface area (Å²) in [5, 5.41) is 0.588. The van der Waals surface area contributed by atoms with Crippen LogP contribution in [0.1, 0.15) is 31.2 Å². The zero-order valence-electron chi connectivity index (χ0n) is 11.1. The Bertz CT molecular complexity index is 798. The molecule has 0 spiro atoms. The minimum absolute atomic E-state index is 0.199. The molecule has 0 saturated carbocycles. The number of hydrogen-bond acceptors (Lipinski definition) is 3. The van der Waals surface area contributed by atoms with Gasteiger partial charge in [-0.05, 0) is 30.9 Å². The van der Waals surface area contributed by atoms with Gasteiger partial charge in [0.15, 0.2) is 9.84 Å². The van der Waals surface area contributed by atoms with Gasteiger partial charge in [-0.3, -0.25) is 0 Å². The Morgan fingerprint density at radius 3 is 2.85 bits per heavy atom. The minimum Gasteiger partial charge on any atom is -0.464 e. The molecule has 0 radical (unpaired) electrons. The third kappa shape index (κ3) is 1.67. The molecule has 0 N–H and O–H groups in total. The third-order valence-electron chi connectivity index (χ3n) is 4.56. The van der Waals surface area contributed by atoms with Crippen LogP contribution in [-0.4, -0.2) is 18.9 Å². The van der Waals surface area contributed by atoms with Gasteiger partial charge in [0.25, 0.3) is 0 Å². The first kappa shape index (κ1) is 12.2. The Hall–Kier alpha value is -1.55. The Morgan fingerprint density at radius 1 is 1.15 bits per heavy atom. The van der Waals surface area contributed by atoms with Crippen LogP contribution in [0.25, 0.3) is 16.5 Å². The van der Waals surface area contributed by atoms with Gasteiger partial charge in [-0.1, -0.05) is 30.7 Å². The summed E-state index contributed by atoms with van der Waals surface area (Å²) in [7, 11) is -2.95. The maximum absolute atomic E-state index is 12.3. The summed E-state index contributed by atoms with van der Waals surface area (Å²) in [6, 6.07) is 7.92. The molecule has 1 fully saturated rings. The summed E-state index contributed by atoms with van der Waals surface area (Å²) in [5.41, 5.74) is 3.06. The second kappa shape index (κ2) is 4.22. The Labute approximate surface area is 118 Å². The quantitative estimate of drug-likeness (QED) is 0.806. The highest BCUT2D eigenvalue weighted by Crippen LogP contribution is 2.41. The van der Waals surface area contributed by atoms with Crippen LogP contribution in [0.4, 0.5) is 0 Å². The van der Waals surface area contributed by atoms with E-state index >= 15 is 0 Å². The monoisotopic (exact) mass is 288 g/mol. The van der Waals surface area contributed by atoms with Gasteiger partial charge in [0.2, 0.25) is 0 Å². The fourth-order valence-electron chi connectivity index (χ4n) is 3.48. The first-order chi connectivity index (χ1) is 9.66. The topological polar surface area (TPSA) is 47.3 Å². The van der Waals surface area contributed by atoms with Crippen molar-refractivity contribution < 1.29 is 12.8 Å². The third-order valence-corrected chi connectivity index (χ3v) is 7.11. The predicted molar refractivity (Wildman–Crippen MR) is 79.2 cm³/mol. The number of para-hydroxylation sites is 1. The predicted octanol–water partition coefficient (Wildman–Crippen LogP) is 3.56. The van der Waals surface area contributed by atoms with E-state index in [9.17, 15) is 8.42 Å². The van der Waals surface area contributed by atoms with Crippen molar-refractivity contribution in [3.63, 3.8) is 0 Å². The number of fused-ring (bicyclic) bond motifs is 3. The van der Waals surface area contributed by atoms with Crippen molar-refractivity contribution in [1.29, 1.82) is 0 Å². The number of rotatable bonds is 1. The van der Waals surface area contributed by atoms with E-state index in [-0.39, 0.29) is 10.5 Å². The molecule has 0 amide bonds. The lowest BCUT2D eigenvalue weighted by Gasteiger charge is -2.33. The molecular weight excluding hydrogens is 272 g/mol. The summed E-state index contributed by atoms with van der Waals surface area (Å²) in [4.78, 5) is 0. The summed E-state index contributed by atoms with van der Waals surface area (Å²) >= 11 is 0. The molecule has 1 aromatic carbocycles. The first-order valence-electron chi connectivity index (χ1n) is 7.06. The fourth-order valence-corrected chi connectivity index (χ4v) is 5.73. The van der Waals surface area contributed by atoms with E-state index in [1.807, 2.05) is 30.3 Å².